The first-order valence-electron chi connectivity index (χ1n) is 5.51. The molecule has 0 aromatic rings. The maximum absolute atomic E-state index is 12.7. The molecule has 1 unspecified atom stereocenters. The molecule has 0 amide bonds. The molecule has 1 fully saturated rings. The van der Waals surface area contributed by atoms with Gasteiger partial charge in [-0.25, -0.2) is 4.18 Å². The molecule has 0 heterocycles. The van der Waals surface area contributed by atoms with Gasteiger partial charge in [0, 0.05) is 0 Å². The van der Waals surface area contributed by atoms with Crippen molar-refractivity contribution in [2.75, 3.05) is 0 Å². The molecule has 0 aromatic carbocycles. The van der Waals surface area contributed by atoms with E-state index in [0.29, 0.717) is 19.3 Å². The summed E-state index contributed by atoms with van der Waals surface area (Å²) in [6.45, 7) is 0. The Kier molecular flexibility index (Phi) is 4.76. The van der Waals surface area contributed by atoms with Gasteiger partial charge in [-0.15, -0.1) is 0 Å². The second-order valence-corrected chi connectivity index (χ2v) is 5.92. The molecule has 0 spiro atoms. The molecule has 1 saturated carbocycles. The summed E-state index contributed by atoms with van der Waals surface area (Å²) in [5.41, 5.74) is -5.86. The molecular weight excluding hydrogens is 302 g/mol. The second-order valence-electron chi connectivity index (χ2n) is 4.36. The zero-order valence-corrected chi connectivity index (χ0v) is 10.4. The van der Waals surface area contributed by atoms with Crippen molar-refractivity contribution in [2.24, 2.45) is 5.92 Å². The van der Waals surface area contributed by atoms with E-state index < -0.39 is 33.8 Å². The molecule has 10 heteroatoms. The van der Waals surface area contributed by atoms with Crippen molar-refractivity contribution in [3.63, 3.8) is 0 Å². The van der Waals surface area contributed by atoms with E-state index in [9.17, 15) is 34.8 Å². The molecule has 1 aliphatic rings. The van der Waals surface area contributed by atoms with Crippen molar-refractivity contribution in [3.8, 4) is 0 Å². The Bertz CT molecular complexity index is 393. The minimum Gasteiger partial charge on any atom is -0.250 e. The SMILES string of the molecule is O=S(=O)(OC(C1CCCCC1)C(F)(F)F)C(F)(F)F. The zero-order chi connectivity index (χ0) is 14.9. The van der Waals surface area contributed by atoms with Gasteiger partial charge in [-0.05, 0) is 18.8 Å². The van der Waals surface area contributed by atoms with Crippen LogP contribution in [0.3, 0.4) is 0 Å². The van der Waals surface area contributed by atoms with Crippen LogP contribution in [0.15, 0.2) is 0 Å². The van der Waals surface area contributed by atoms with Crippen molar-refractivity contribution in [1.29, 1.82) is 0 Å². The molecule has 3 nitrogen and oxygen atoms in total. The molecule has 0 aromatic heterocycles. The van der Waals surface area contributed by atoms with Crippen molar-refractivity contribution in [3.05, 3.63) is 0 Å². The lowest BCUT2D eigenvalue weighted by Gasteiger charge is -2.31. The number of alkyl halides is 6. The van der Waals surface area contributed by atoms with Crippen molar-refractivity contribution in [2.45, 2.75) is 49.9 Å². The highest BCUT2D eigenvalue weighted by atomic mass is 32.2. The third-order valence-electron chi connectivity index (χ3n) is 2.91. The Morgan fingerprint density at radius 2 is 1.42 bits per heavy atom. The van der Waals surface area contributed by atoms with Crippen LogP contribution in [0.5, 0.6) is 0 Å². The fourth-order valence-electron chi connectivity index (χ4n) is 2.03. The van der Waals surface area contributed by atoms with Crippen molar-refractivity contribution < 1.29 is 38.9 Å². The van der Waals surface area contributed by atoms with E-state index >= 15 is 0 Å². The molecule has 1 aliphatic carbocycles. The lowest BCUT2D eigenvalue weighted by molar-refractivity contribution is -0.214. The number of hydrogen-bond donors (Lipinski definition) is 0. The van der Waals surface area contributed by atoms with Gasteiger partial charge in [0.25, 0.3) is 0 Å². The van der Waals surface area contributed by atoms with E-state index in [0.717, 1.165) is 0 Å². The quantitative estimate of drug-likeness (QED) is 0.456. The standard InChI is InChI=1S/C9H12F6O3S/c10-8(11,12)7(6-4-2-1-3-5-6)18-19(16,17)9(13,14)15/h6-7H,1-5H2. The van der Waals surface area contributed by atoms with Crippen LogP contribution in [0.4, 0.5) is 26.3 Å². The van der Waals surface area contributed by atoms with Gasteiger partial charge in [-0.2, -0.15) is 34.8 Å². The Morgan fingerprint density at radius 3 is 1.79 bits per heavy atom. The van der Waals surface area contributed by atoms with Gasteiger partial charge < -0.3 is 0 Å². The Labute approximate surface area is 106 Å². The van der Waals surface area contributed by atoms with Gasteiger partial charge in [0.15, 0.2) is 6.10 Å². The van der Waals surface area contributed by atoms with Gasteiger partial charge in [-0.1, -0.05) is 19.3 Å². The molecule has 1 rings (SSSR count). The highest BCUT2D eigenvalue weighted by molar-refractivity contribution is 7.87. The summed E-state index contributed by atoms with van der Waals surface area (Å²) < 4.78 is 99.0. The van der Waals surface area contributed by atoms with Crippen LogP contribution in [0, 0.1) is 5.92 Å². The fourth-order valence-corrected chi connectivity index (χ4v) is 2.68. The molecule has 0 saturated heterocycles. The van der Waals surface area contributed by atoms with Gasteiger partial charge in [0.2, 0.25) is 0 Å². The number of halogens is 6. The van der Waals surface area contributed by atoms with Crippen LogP contribution < -0.4 is 0 Å². The normalized spacial score (nSPS) is 21.4. The van der Waals surface area contributed by atoms with Gasteiger partial charge in [0.05, 0.1) is 0 Å². The summed E-state index contributed by atoms with van der Waals surface area (Å²) in [4.78, 5) is 0. The van der Waals surface area contributed by atoms with E-state index in [1.165, 1.54) is 0 Å². The first kappa shape index (κ1) is 16.5. The van der Waals surface area contributed by atoms with E-state index in [1.54, 1.807) is 0 Å². The second kappa shape index (κ2) is 5.47. The first-order chi connectivity index (χ1) is 8.45. The molecule has 19 heavy (non-hydrogen) atoms. The summed E-state index contributed by atoms with van der Waals surface area (Å²) in [7, 11) is -6.25. The molecule has 0 N–H and O–H groups in total. The van der Waals surface area contributed by atoms with Crippen LogP contribution in [0.2, 0.25) is 0 Å². The molecule has 0 bridgehead atoms. The minimum absolute atomic E-state index is 0.00243. The Balaban J connectivity index is 2.94. The molecule has 0 radical (unpaired) electrons. The third kappa shape index (κ3) is 4.23. The molecule has 1 atom stereocenters. The van der Waals surface area contributed by atoms with Crippen molar-refractivity contribution >= 4 is 10.1 Å². The average molecular weight is 314 g/mol. The summed E-state index contributed by atoms with van der Waals surface area (Å²) >= 11 is 0. The van der Waals surface area contributed by atoms with Crippen LogP contribution in [0.25, 0.3) is 0 Å². The molecule has 114 valence electrons. The lowest BCUT2D eigenvalue weighted by atomic mass is 9.85. The van der Waals surface area contributed by atoms with Crippen LogP contribution in [-0.4, -0.2) is 26.2 Å². The predicted molar refractivity (Wildman–Crippen MR) is 52.5 cm³/mol. The van der Waals surface area contributed by atoms with Gasteiger partial charge >= 0.3 is 21.8 Å². The number of hydrogen-bond acceptors (Lipinski definition) is 3. The largest absolute Gasteiger partial charge is 0.523 e. The van der Waals surface area contributed by atoms with Crippen LogP contribution in [-0.2, 0) is 14.3 Å². The monoisotopic (exact) mass is 314 g/mol. The lowest BCUT2D eigenvalue weighted by Crippen LogP contribution is -2.43. The Hall–Kier alpha value is -0.510. The summed E-state index contributed by atoms with van der Waals surface area (Å²) in [6, 6.07) is 0. The first-order valence-corrected chi connectivity index (χ1v) is 6.92. The Morgan fingerprint density at radius 1 is 0.947 bits per heavy atom. The zero-order valence-electron chi connectivity index (χ0n) is 9.59. The minimum atomic E-state index is -6.25. The highest BCUT2D eigenvalue weighted by Gasteiger charge is 2.55. The molecule has 0 aliphatic heterocycles. The topological polar surface area (TPSA) is 43.4 Å². The fraction of sp³-hybridized carbons (Fsp3) is 1.00. The van der Waals surface area contributed by atoms with E-state index in [-0.39, 0.29) is 12.8 Å². The smallest absolute Gasteiger partial charge is 0.250 e. The summed E-state index contributed by atoms with van der Waals surface area (Å²) in [5.74, 6) is -1.26. The number of rotatable bonds is 3. The summed E-state index contributed by atoms with van der Waals surface area (Å²) in [6.07, 6.45) is -6.60. The highest BCUT2D eigenvalue weighted by Crippen LogP contribution is 2.39. The summed E-state index contributed by atoms with van der Waals surface area (Å²) in [5, 5.41) is 0. The average Bonchev–Trinajstić information content (AvgIpc) is 2.24. The van der Waals surface area contributed by atoms with Crippen LogP contribution >= 0.6 is 0 Å². The molecular formula is C9H12F6O3S. The van der Waals surface area contributed by atoms with Gasteiger partial charge in [0.1, 0.15) is 0 Å². The van der Waals surface area contributed by atoms with E-state index in [1.807, 2.05) is 0 Å². The van der Waals surface area contributed by atoms with Crippen LogP contribution in [0.1, 0.15) is 32.1 Å². The maximum atomic E-state index is 12.7. The third-order valence-corrected chi connectivity index (χ3v) is 3.94. The van der Waals surface area contributed by atoms with Crippen molar-refractivity contribution in [1.82, 2.24) is 0 Å². The maximum Gasteiger partial charge on any atom is 0.523 e. The van der Waals surface area contributed by atoms with E-state index in [2.05, 4.69) is 4.18 Å². The predicted octanol–water partition coefficient (Wildman–Crippen LogP) is 3.36. The van der Waals surface area contributed by atoms with Gasteiger partial charge in [-0.3, -0.25) is 0 Å². The van der Waals surface area contributed by atoms with E-state index in [4.69, 9.17) is 0 Å².